The zero-order valence-corrected chi connectivity index (χ0v) is 15.8. The van der Waals surface area contributed by atoms with Gasteiger partial charge in [-0.05, 0) is 49.8 Å². The van der Waals surface area contributed by atoms with Crippen molar-refractivity contribution in [1.82, 2.24) is 10.2 Å². The van der Waals surface area contributed by atoms with Gasteiger partial charge in [-0.3, -0.25) is 9.59 Å². The fraction of sp³-hybridized carbons (Fsp3) is 0.600. The Labute approximate surface area is 150 Å². The van der Waals surface area contributed by atoms with Gasteiger partial charge in [0, 0.05) is 19.5 Å². The Hall–Kier alpha value is -2.04. The first-order valence-corrected chi connectivity index (χ1v) is 9.08. The van der Waals surface area contributed by atoms with Gasteiger partial charge < -0.3 is 15.0 Å². The third-order valence-corrected chi connectivity index (χ3v) is 4.98. The van der Waals surface area contributed by atoms with Gasteiger partial charge in [0.25, 0.3) is 0 Å². The van der Waals surface area contributed by atoms with E-state index in [1.807, 2.05) is 31.2 Å². The molecule has 1 saturated heterocycles. The van der Waals surface area contributed by atoms with E-state index in [1.165, 1.54) is 0 Å². The first-order chi connectivity index (χ1) is 11.9. The molecule has 5 heteroatoms. The van der Waals surface area contributed by atoms with Gasteiger partial charge in [-0.2, -0.15) is 0 Å². The number of rotatable bonds is 8. The van der Waals surface area contributed by atoms with Crippen molar-refractivity contribution in [1.29, 1.82) is 0 Å². The number of hydrogen-bond acceptors (Lipinski definition) is 3. The summed E-state index contributed by atoms with van der Waals surface area (Å²) in [6.07, 6.45) is 2.67. The van der Waals surface area contributed by atoms with Crippen molar-refractivity contribution in [2.24, 2.45) is 5.92 Å². The number of amides is 2. The number of hydrogen-bond donors (Lipinski definition) is 1. The van der Waals surface area contributed by atoms with Crippen LogP contribution in [0.5, 0.6) is 5.75 Å². The van der Waals surface area contributed by atoms with Crippen LogP contribution in [0.1, 0.15) is 45.6 Å². The molecule has 1 N–H and O–H groups in total. The maximum atomic E-state index is 12.7. The van der Waals surface area contributed by atoms with Crippen LogP contribution in [0.3, 0.4) is 0 Å². The van der Waals surface area contributed by atoms with Gasteiger partial charge in [0.2, 0.25) is 11.8 Å². The average molecular weight is 346 g/mol. The van der Waals surface area contributed by atoms with Crippen LogP contribution < -0.4 is 10.1 Å². The van der Waals surface area contributed by atoms with E-state index in [4.69, 9.17) is 4.74 Å². The van der Waals surface area contributed by atoms with Crippen molar-refractivity contribution in [2.75, 3.05) is 20.2 Å². The predicted molar refractivity (Wildman–Crippen MR) is 98.5 cm³/mol. The number of carbonyl (C=O) groups excluding carboxylic acids is 2. The molecule has 0 saturated carbocycles. The Morgan fingerprint density at radius 1 is 1.40 bits per heavy atom. The van der Waals surface area contributed by atoms with Gasteiger partial charge in [-0.15, -0.1) is 0 Å². The van der Waals surface area contributed by atoms with Crippen LogP contribution in [0.4, 0.5) is 0 Å². The number of benzene rings is 1. The molecule has 2 rings (SSSR count). The van der Waals surface area contributed by atoms with Gasteiger partial charge in [0.05, 0.1) is 7.11 Å². The molecule has 25 heavy (non-hydrogen) atoms. The number of ether oxygens (including phenoxy) is 1. The van der Waals surface area contributed by atoms with Gasteiger partial charge in [0.1, 0.15) is 11.3 Å². The third kappa shape index (κ3) is 4.74. The Balaban J connectivity index is 2.00. The minimum Gasteiger partial charge on any atom is -0.497 e. The maximum absolute atomic E-state index is 12.7. The molecule has 1 aliphatic heterocycles. The van der Waals surface area contributed by atoms with Crippen molar-refractivity contribution in [2.45, 2.75) is 52.0 Å². The summed E-state index contributed by atoms with van der Waals surface area (Å²) in [5.41, 5.74) is 0.356. The second-order valence-electron chi connectivity index (χ2n) is 7.36. The summed E-state index contributed by atoms with van der Waals surface area (Å²) < 4.78 is 5.25. The summed E-state index contributed by atoms with van der Waals surface area (Å²) >= 11 is 0. The van der Waals surface area contributed by atoms with Crippen molar-refractivity contribution in [3.8, 4) is 5.75 Å². The van der Waals surface area contributed by atoms with Gasteiger partial charge in [-0.25, -0.2) is 0 Å². The van der Waals surface area contributed by atoms with Crippen LogP contribution in [0.15, 0.2) is 24.3 Å². The van der Waals surface area contributed by atoms with Crippen LogP contribution in [0.2, 0.25) is 0 Å². The Bertz CT molecular complexity index is 615. The largest absolute Gasteiger partial charge is 0.497 e. The monoisotopic (exact) mass is 346 g/mol. The summed E-state index contributed by atoms with van der Waals surface area (Å²) in [6.45, 7) is 7.35. The van der Waals surface area contributed by atoms with E-state index in [9.17, 15) is 9.59 Å². The lowest BCUT2D eigenvalue weighted by atomic mass is 9.97. The molecule has 0 aromatic heterocycles. The smallest absolute Gasteiger partial charge is 0.245 e. The lowest BCUT2D eigenvalue weighted by molar-refractivity contribution is -0.140. The van der Waals surface area contributed by atoms with Crippen molar-refractivity contribution < 1.29 is 14.3 Å². The molecule has 1 aromatic carbocycles. The summed E-state index contributed by atoms with van der Waals surface area (Å²) in [5, 5.41) is 3.01. The number of carbonyl (C=O) groups is 2. The third-order valence-electron chi connectivity index (χ3n) is 4.98. The molecule has 1 aliphatic rings. The minimum atomic E-state index is -0.743. The lowest BCUT2D eigenvalue weighted by Gasteiger charge is -2.34. The second kappa shape index (κ2) is 8.37. The normalized spacial score (nSPS) is 20.2. The molecular formula is C20H30N2O3. The first kappa shape index (κ1) is 19.3. The van der Waals surface area contributed by atoms with E-state index in [-0.39, 0.29) is 11.8 Å². The van der Waals surface area contributed by atoms with E-state index in [0.29, 0.717) is 38.3 Å². The summed E-state index contributed by atoms with van der Waals surface area (Å²) in [4.78, 5) is 26.8. The van der Waals surface area contributed by atoms with Crippen LogP contribution in [0, 0.1) is 5.92 Å². The molecule has 1 heterocycles. The van der Waals surface area contributed by atoms with Crippen molar-refractivity contribution >= 4 is 11.8 Å². The fourth-order valence-corrected chi connectivity index (χ4v) is 3.24. The van der Waals surface area contributed by atoms with E-state index >= 15 is 0 Å². The van der Waals surface area contributed by atoms with Gasteiger partial charge in [0.15, 0.2) is 0 Å². The van der Waals surface area contributed by atoms with Crippen molar-refractivity contribution in [3.63, 3.8) is 0 Å². The topological polar surface area (TPSA) is 58.6 Å². The Morgan fingerprint density at radius 2 is 2.16 bits per heavy atom. The standard InChI is InChI=1S/C20H30N2O3/c1-15(2)9-12-21-19(24)20(3)11-8-18(23)22(20)13-10-16-6-5-7-17(14-16)25-4/h5-7,14-15H,8-13H2,1-4H3,(H,21,24). The molecule has 1 aromatic rings. The number of nitrogens with one attached hydrogen (secondary N) is 1. The molecular weight excluding hydrogens is 316 g/mol. The van der Waals surface area contributed by atoms with Crippen LogP contribution in [-0.4, -0.2) is 42.5 Å². The number of likely N-dealkylation sites (tertiary alicyclic amines) is 1. The van der Waals surface area contributed by atoms with E-state index < -0.39 is 5.54 Å². The number of nitrogens with zero attached hydrogens (tertiary/aromatic N) is 1. The predicted octanol–water partition coefficient (Wildman–Crippen LogP) is 2.78. The number of methoxy groups -OCH3 is 1. The SMILES string of the molecule is COc1cccc(CCN2C(=O)CCC2(C)C(=O)NCCC(C)C)c1. The van der Waals surface area contributed by atoms with Crippen molar-refractivity contribution in [3.05, 3.63) is 29.8 Å². The highest BCUT2D eigenvalue weighted by Gasteiger charge is 2.46. The zero-order valence-electron chi connectivity index (χ0n) is 15.8. The lowest BCUT2D eigenvalue weighted by Crippen LogP contribution is -2.55. The molecule has 2 amide bonds. The molecule has 0 aliphatic carbocycles. The van der Waals surface area contributed by atoms with Crippen LogP contribution >= 0.6 is 0 Å². The van der Waals surface area contributed by atoms with E-state index in [2.05, 4.69) is 19.2 Å². The Kier molecular flexibility index (Phi) is 6.45. The highest BCUT2D eigenvalue weighted by molar-refractivity contribution is 5.94. The summed E-state index contributed by atoms with van der Waals surface area (Å²) in [7, 11) is 1.64. The molecule has 0 spiro atoms. The molecule has 1 unspecified atom stereocenters. The molecule has 0 bridgehead atoms. The van der Waals surface area contributed by atoms with E-state index in [1.54, 1.807) is 12.0 Å². The minimum absolute atomic E-state index is 0.0374. The first-order valence-electron chi connectivity index (χ1n) is 9.08. The maximum Gasteiger partial charge on any atom is 0.245 e. The second-order valence-corrected chi connectivity index (χ2v) is 7.36. The molecule has 1 fully saturated rings. The Morgan fingerprint density at radius 3 is 2.84 bits per heavy atom. The fourth-order valence-electron chi connectivity index (χ4n) is 3.24. The summed E-state index contributed by atoms with van der Waals surface area (Å²) in [5.74, 6) is 1.37. The highest BCUT2D eigenvalue weighted by atomic mass is 16.5. The van der Waals surface area contributed by atoms with Gasteiger partial charge in [-0.1, -0.05) is 26.0 Å². The quantitative estimate of drug-likeness (QED) is 0.787. The molecule has 5 nitrogen and oxygen atoms in total. The molecule has 138 valence electrons. The molecule has 1 atom stereocenters. The van der Waals surface area contributed by atoms with Gasteiger partial charge >= 0.3 is 0 Å². The summed E-state index contributed by atoms with van der Waals surface area (Å²) in [6, 6.07) is 7.83. The van der Waals surface area contributed by atoms with Crippen LogP contribution in [0.25, 0.3) is 0 Å². The van der Waals surface area contributed by atoms with E-state index in [0.717, 1.165) is 17.7 Å². The van der Waals surface area contributed by atoms with Crippen LogP contribution in [-0.2, 0) is 16.0 Å². The zero-order chi connectivity index (χ0) is 18.4. The average Bonchev–Trinajstić information content (AvgIpc) is 2.88. The molecule has 0 radical (unpaired) electrons. The highest BCUT2D eigenvalue weighted by Crippen LogP contribution is 2.30.